The van der Waals surface area contributed by atoms with Crippen LogP contribution in [0.2, 0.25) is 0 Å². The molecule has 0 spiro atoms. The van der Waals surface area contributed by atoms with E-state index < -0.39 is 5.91 Å². The van der Waals surface area contributed by atoms with Crippen LogP contribution in [0.5, 0.6) is 0 Å². The van der Waals surface area contributed by atoms with Crippen molar-refractivity contribution in [1.29, 1.82) is 0 Å². The molecule has 21 heavy (non-hydrogen) atoms. The molecule has 0 aliphatic rings. The van der Waals surface area contributed by atoms with E-state index in [0.717, 1.165) is 8.95 Å². The summed E-state index contributed by atoms with van der Waals surface area (Å²) in [6.45, 7) is 0. The second-order valence-electron chi connectivity index (χ2n) is 4.41. The topological polar surface area (TPSA) is 72.2 Å². The zero-order chi connectivity index (χ0) is 15.4. The van der Waals surface area contributed by atoms with Crippen LogP contribution in [0.4, 0.5) is 5.69 Å². The first-order valence-corrected chi connectivity index (χ1v) is 7.68. The average Bonchev–Trinajstić information content (AvgIpc) is 2.39. The number of nitrogens with one attached hydrogen (secondary N) is 1. The zero-order valence-corrected chi connectivity index (χ0v) is 14.1. The molecule has 2 aromatic carbocycles. The van der Waals surface area contributed by atoms with Crippen molar-refractivity contribution in [3.8, 4) is 0 Å². The van der Waals surface area contributed by atoms with Crippen LogP contribution >= 0.6 is 31.9 Å². The highest BCUT2D eigenvalue weighted by atomic mass is 79.9. The zero-order valence-electron chi connectivity index (χ0n) is 10.9. The first-order chi connectivity index (χ1) is 9.95. The molecule has 0 saturated heterocycles. The van der Waals surface area contributed by atoms with Crippen LogP contribution < -0.4 is 11.1 Å². The van der Waals surface area contributed by atoms with Gasteiger partial charge in [-0.2, -0.15) is 0 Å². The number of para-hydroxylation sites is 1. The molecule has 0 bridgehead atoms. The van der Waals surface area contributed by atoms with Gasteiger partial charge in [0.1, 0.15) is 0 Å². The Morgan fingerprint density at radius 3 is 2.29 bits per heavy atom. The Labute approximate surface area is 139 Å². The number of primary amides is 1. The molecule has 4 nitrogen and oxygen atoms in total. The van der Waals surface area contributed by atoms with Gasteiger partial charge in [-0.1, -0.05) is 50.1 Å². The predicted octanol–water partition coefficient (Wildman–Crippen LogP) is 3.49. The highest BCUT2D eigenvalue weighted by Gasteiger charge is 2.11. The van der Waals surface area contributed by atoms with Gasteiger partial charge in [-0.3, -0.25) is 9.59 Å². The average molecular weight is 412 g/mol. The fourth-order valence-corrected chi connectivity index (χ4v) is 3.16. The SMILES string of the molecule is NC(=O)Cc1ccccc1NC(=O)c1cc(Br)cc(Br)c1. The number of carbonyl (C=O) groups is 2. The minimum atomic E-state index is -0.443. The van der Waals surface area contributed by atoms with Gasteiger partial charge in [-0.15, -0.1) is 0 Å². The standard InChI is InChI=1S/C15H12Br2N2O2/c16-11-5-10(6-12(17)8-11)15(21)19-13-4-2-1-3-9(13)7-14(18)20/h1-6,8H,7H2,(H2,18,20)(H,19,21). The molecule has 0 fully saturated rings. The third kappa shape index (κ3) is 4.41. The van der Waals surface area contributed by atoms with Crippen molar-refractivity contribution in [2.24, 2.45) is 5.73 Å². The third-order valence-corrected chi connectivity index (χ3v) is 3.67. The molecule has 2 rings (SSSR count). The molecule has 0 saturated carbocycles. The van der Waals surface area contributed by atoms with Gasteiger partial charge >= 0.3 is 0 Å². The molecule has 2 amide bonds. The van der Waals surface area contributed by atoms with Crippen molar-refractivity contribution in [3.63, 3.8) is 0 Å². The Bertz CT molecular complexity index is 682. The molecule has 2 aromatic rings. The van der Waals surface area contributed by atoms with Crippen LogP contribution in [0.3, 0.4) is 0 Å². The Hall–Kier alpha value is -1.66. The predicted molar refractivity (Wildman–Crippen MR) is 89.1 cm³/mol. The van der Waals surface area contributed by atoms with Gasteiger partial charge in [0, 0.05) is 20.2 Å². The largest absolute Gasteiger partial charge is 0.369 e. The Balaban J connectivity index is 2.25. The molecule has 0 aliphatic carbocycles. The van der Waals surface area contributed by atoms with E-state index in [0.29, 0.717) is 16.8 Å². The summed E-state index contributed by atoms with van der Waals surface area (Å²) in [6.07, 6.45) is 0.0820. The van der Waals surface area contributed by atoms with E-state index in [4.69, 9.17) is 5.73 Å². The molecule has 0 heterocycles. The number of carbonyl (C=O) groups excluding carboxylic acids is 2. The number of nitrogens with two attached hydrogens (primary N) is 1. The molecule has 0 atom stereocenters. The summed E-state index contributed by atoms with van der Waals surface area (Å²) in [4.78, 5) is 23.4. The second-order valence-corrected chi connectivity index (χ2v) is 6.24. The lowest BCUT2D eigenvalue weighted by Gasteiger charge is -2.10. The van der Waals surface area contributed by atoms with Crippen molar-refractivity contribution in [2.75, 3.05) is 5.32 Å². The maximum atomic E-state index is 12.3. The lowest BCUT2D eigenvalue weighted by atomic mass is 10.1. The molecule has 0 aliphatic heterocycles. The first kappa shape index (κ1) is 15.7. The number of rotatable bonds is 4. The van der Waals surface area contributed by atoms with Crippen molar-refractivity contribution in [2.45, 2.75) is 6.42 Å². The monoisotopic (exact) mass is 410 g/mol. The van der Waals surface area contributed by atoms with Crippen molar-refractivity contribution in [3.05, 3.63) is 62.5 Å². The molecule has 108 valence electrons. The van der Waals surface area contributed by atoms with E-state index in [1.54, 1.807) is 36.4 Å². The summed E-state index contributed by atoms with van der Waals surface area (Å²) in [5.41, 5.74) is 6.98. The van der Waals surface area contributed by atoms with Gasteiger partial charge in [0.05, 0.1) is 6.42 Å². The van der Waals surface area contributed by atoms with Gasteiger partial charge < -0.3 is 11.1 Å². The van der Waals surface area contributed by atoms with E-state index in [2.05, 4.69) is 37.2 Å². The number of hydrogen-bond donors (Lipinski definition) is 2. The smallest absolute Gasteiger partial charge is 0.255 e. The molecule has 0 unspecified atom stereocenters. The summed E-state index contributed by atoms with van der Waals surface area (Å²) in [6, 6.07) is 12.4. The number of anilines is 1. The molecule has 0 aromatic heterocycles. The number of benzene rings is 2. The summed E-state index contributed by atoms with van der Waals surface area (Å²) in [7, 11) is 0. The fourth-order valence-electron chi connectivity index (χ4n) is 1.86. The Morgan fingerprint density at radius 1 is 1.05 bits per heavy atom. The van der Waals surface area contributed by atoms with Gasteiger partial charge in [0.25, 0.3) is 5.91 Å². The van der Waals surface area contributed by atoms with E-state index >= 15 is 0 Å². The summed E-state index contributed by atoms with van der Waals surface area (Å²) in [5.74, 6) is -0.698. The molecule has 0 radical (unpaired) electrons. The van der Waals surface area contributed by atoms with E-state index in [1.807, 2.05) is 6.07 Å². The molecular formula is C15H12Br2N2O2. The third-order valence-electron chi connectivity index (χ3n) is 2.75. The number of halogens is 2. The number of hydrogen-bond acceptors (Lipinski definition) is 2. The lowest BCUT2D eigenvalue weighted by Crippen LogP contribution is -2.17. The molecule has 3 N–H and O–H groups in total. The van der Waals surface area contributed by atoms with E-state index in [-0.39, 0.29) is 12.3 Å². The van der Waals surface area contributed by atoms with Crippen LogP contribution in [0.15, 0.2) is 51.4 Å². The summed E-state index contributed by atoms with van der Waals surface area (Å²) < 4.78 is 1.60. The van der Waals surface area contributed by atoms with Crippen LogP contribution in [-0.2, 0) is 11.2 Å². The van der Waals surface area contributed by atoms with E-state index in [9.17, 15) is 9.59 Å². The van der Waals surface area contributed by atoms with Crippen LogP contribution in [0.25, 0.3) is 0 Å². The minimum absolute atomic E-state index is 0.0820. The Morgan fingerprint density at radius 2 is 1.67 bits per heavy atom. The quantitative estimate of drug-likeness (QED) is 0.808. The van der Waals surface area contributed by atoms with Gasteiger partial charge in [0.2, 0.25) is 5.91 Å². The highest BCUT2D eigenvalue weighted by Crippen LogP contribution is 2.22. The van der Waals surface area contributed by atoms with Crippen molar-refractivity contribution < 1.29 is 9.59 Å². The maximum absolute atomic E-state index is 12.3. The maximum Gasteiger partial charge on any atom is 0.255 e. The normalized spacial score (nSPS) is 10.2. The summed E-state index contributed by atoms with van der Waals surface area (Å²) >= 11 is 6.69. The van der Waals surface area contributed by atoms with Gasteiger partial charge in [0.15, 0.2) is 0 Å². The number of amides is 2. The molecular weight excluding hydrogens is 400 g/mol. The van der Waals surface area contributed by atoms with Crippen LogP contribution in [0.1, 0.15) is 15.9 Å². The first-order valence-electron chi connectivity index (χ1n) is 6.09. The van der Waals surface area contributed by atoms with Crippen LogP contribution in [-0.4, -0.2) is 11.8 Å². The van der Waals surface area contributed by atoms with Crippen LogP contribution in [0, 0.1) is 0 Å². The van der Waals surface area contributed by atoms with Crippen molar-refractivity contribution >= 4 is 49.4 Å². The molecule has 6 heteroatoms. The highest BCUT2D eigenvalue weighted by molar-refractivity contribution is 9.11. The lowest BCUT2D eigenvalue weighted by molar-refractivity contribution is -0.117. The fraction of sp³-hybridized carbons (Fsp3) is 0.0667. The second kappa shape index (κ2) is 6.87. The van der Waals surface area contributed by atoms with Gasteiger partial charge in [-0.05, 0) is 29.8 Å². The van der Waals surface area contributed by atoms with Crippen molar-refractivity contribution in [1.82, 2.24) is 0 Å². The minimum Gasteiger partial charge on any atom is -0.369 e. The van der Waals surface area contributed by atoms with E-state index in [1.165, 1.54) is 0 Å². The Kier molecular flexibility index (Phi) is 5.14. The summed E-state index contributed by atoms with van der Waals surface area (Å²) in [5, 5.41) is 2.80. The van der Waals surface area contributed by atoms with Gasteiger partial charge in [-0.25, -0.2) is 0 Å².